The SMILES string of the molecule is CN(Cc1ccccn1)C1CCCC1O. The molecule has 3 nitrogen and oxygen atoms in total. The molecule has 1 N–H and O–H groups in total. The van der Waals surface area contributed by atoms with Crippen LogP contribution in [0.1, 0.15) is 25.0 Å². The highest BCUT2D eigenvalue weighted by Gasteiger charge is 2.28. The van der Waals surface area contributed by atoms with E-state index in [1.54, 1.807) is 0 Å². The predicted molar refractivity (Wildman–Crippen MR) is 59.3 cm³/mol. The Labute approximate surface area is 90.8 Å². The van der Waals surface area contributed by atoms with Gasteiger partial charge in [0, 0.05) is 18.8 Å². The van der Waals surface area contributed by atoms with Gasteiger partial charge < -0.3 is 5.11 Å². The molecule has 3 heteroatoms. The molecule has 1 saturated carbocycles. The van der Waals surface area contributed by atoms with Gasteiger partial charge in [-0.3, -0.25) is 9.88 Å². The van der Waals surface area contributed by atoms with Crippen molar-refractivity contribution in [1.82, 2.24) is 9.88 Å². The van der Waals surface area contributed by atoms with Gasteiger partial charge in [-0.05, 0) is 38.4 Å². The molecule has 82 valence electrons. The molecule has 15 heavy (non-hydrogen) atoms. The van der Waals surface area contributed by atoms with E-state index in [-0.39, 0.29) is 6.10 Å². The van der Waals surface area contributed by atoms with Crippen LogP contribution < -0.4 is 0 Å². The van der Waals surface area contributed by atoms with Gasteiger partial charge >= 0.3 is 0 Å². The normalized spacial score (nSPS) is 26.1. The molecule has 0 amide bonds. The molecule has 1 aromatic heterocycles. The van der Waals surface area contributed by atoms with E-state index in [4.69, 9.17) is 0 Å². The Bertz CT molecular complexity index is 302. The first-order chi connectivity index (χ1) is 7.27. The minimum Gasteiger partial charge on any atom is -0.391 e. The van der Waals surface area contributed by atoms with E-state index in [1.807, 2.05) is 24.4 Å². The summed E-state index contributed by atoms with van der Waals surface area (Å²) in [5, 5.41) is 9.78. The minimum atomic E-state index is -0.154. The summed E-state index contributed by atoms with van der Waals surface area (Å²) in [5.74, 6) is 0. The zero-order valence-electron chi connectivity index (χ0n) is 9.13. The maximum atomic E-state index is 9.78. The summed E-state index contributed by atoms with van der Waals surface area (Å²) in [6, 6.07) is 6.26. The van der Waals surface area contributed by atoms with Crippen molar-refractivity contribution in [1.29, 1.82) is 0 Å². The fraction of sp³-hybridized carbons (Fsp3) is 0.583. The first-order valence-electron chi connectivity index (χ1n) is 5.55. The summed E-state index contributed by atoms with van der Waals surface area (Å²) >= 11 is 0. The van der Waals surface area contributed by atoms with Crippen LogP contribution in [0.3, 0.4) is 0 Å². The quantitative estimate of drug-likeness (QED) is 0.812. The number of hydrogen-bond acceptors (Lipinski definition) is 3. The van der Waals surface area contributed by atoms with Gasteiger partial charge in [0.15, 0.2) is 0 Å². The van der Waals surface area contributed by atoms with Crippen LogP contribution in [-0.2, 0) is 6.54 Å². The van der Waals surface area contributed by atoms with Gasteiger partial charge in [-0.15, -0.1) is 0 Å². The van der Waals surface area contributed by atoms with Crippen molar-refractivity contribution in [3.63, 3.8) is 0 Å². The number of aliphatic hydroxyl groups is 1. The van der Waals surface area contributed by atoms with Crippen molar-refractivity contribution >= 4 is 0 Å². The first-order valence-corrected chi connectivity index (χ1v) is 5.55. The second-order valence-electron chi connectivity index (χ2n) is 4.30. The summed E-state index contributed by atoms with van der Waals surface area (Å²) in [6.07, 6.45) is 4.84. The molecule has 2 rings (SSSR count). The van der Waals surface area contributed by atoms with Crippen molar-refractivity contribution in [2.75, 3.05) is 7.05 Å². The second-order valence-corrected chi connectivity index (χ2v) is 4.30. The van der Waals surface area contributed by atoms with E-state index in [2.05, 4.69) is 16.9 Å². The molecule has 0 bridgehead atoms. The molecule has 1 fully saturated rings. The molecule has 2 atom stereocenters. The number of likely N-dealkylation sites (N-methyl/N-ethyl adjacent to an activating group) is 1. The lowest BCUT2D eigenvalue weighted by Gasteiger charge is -2.26. The Kier molecular flexibility index (Phi) is 3.34. The molecule has 1 heterocycles. The number of nitrogens with zero attached hydrogens (tertiary/aromatic N) is 2. The average molecular weight is 206 g/mol. The molecular formula is C12H18N2O. The number of pyridine rings is 1. The zero-order valence-corrected chi connectivity index (χ0v) is 9.13. The molecular weight excluding hydrogens is 188 g/mol. The van der Waals surface area contributed by atoms with Crippen LogP contribution in [0.4, 0.5) is 0 Å². The maximum absolute atomic E-state index is 9.78. The van der Waals surface area contributed by atoms with Gasteiger partial charge in [0.05, 0.1) is 11.8 Å². The molecule has 2 unspecified atom stereocenters. The smallest absolute Gasteiger partial charge is 0.0695 e. The van der Waals surface area contributed by atoms with Gasteiger partial charge in [-0.25, -0.2) is 0 Å². The third-order valence-corrected chi connectivity index (χ3v) is 3.15. The van der Waals surface area contributed by atoms with Crippen molar-refractivity contribution < 1.29 is 5.11 Å². The number of aromatic nitrogens is 1. The van der Waals surface area contributed by atoms with Crippen LogP contribution in [0.5, 0.6) is 0 Å². The average Bonchev–Trinajstić information content (AvgIpc) is 2.66. The van der Waals surface area contributed by atoms with Crippen LogP contribution in [-0.4, -0.2) is 34.2 Å². The molecule has 0 saturated heterocycles. The predicted octanol–water partition coefficient (Wildman–Crippen LogP) is 1.43. The van der Waals surface area contributed by atoms with Gasteiger partial charge in [0.2, 0.25) is 0 Å². The van der Waals surface area contributed by atoms with Crippen LogP contribution in [0, 0.1) is 0 Å². The van der Waals surface area contributed by atoms with E-state index in [9.17, 15) is 5.11 Å². The van der Waals surface area contributed by atoms with Crippen molar-refractivity contribution in [3.05, 3.63) is 30.1 Å². The molecule has 1 aliphatic rings. The monoisotopic (exact) mass is 206 g/mol. The van der Waals surface area contributed by atoms with E-state index >= 15 is 0 Å². The number of hydrogen-bond donors (Lipinski definition) is 1. The van der Waals surface area contributed by atoms with Crippen molar-refractivity contribution in [2.24, 2.45) is 0 Å². The molecule has 0 spiro atoms. The maximum Gasteiger partial charge on any atom is 0.0695 e. The summed E-state index contributed by atoms with van der Waals surface area (Å²) in [5.41, 5.74) is 1.07. The largest absolute Gasteiger partial charge is 0.391 e. The lowest BCUT2D eigenvalue weighted by atomic mass is 10.2. The third-order valence-electron chi connectivity index (χ3n) is 3.15. The second kappa shape index (κ2) is 4.73. The lowest BCUT2D eigenvalue weighted by Crippen LogP contribution is -2.37. The lowest BCUT2D eigenvalue weighted by molar-refractivity contribution is 0.0818. The van der Waals surface area contributed by atoms with E-state index in [0.29, 0.717) is 6.04 Å². The summed E-state index contributed by atoms with van der Waals surface area (Å²) in [7, 11) is 2.06. The Morgan fingerprint density at radius 2 is 2.33 bits per heavy atom. The fourth-order valence-corrected chi connectivity index (χ4v) is 2.30. The zero-order chi connectivity index (χ0) is 10.7. The van der Waals surface area contributed by atoms with E-state index in [0.717, 1.165) is 31.5 Å². The van der Waals surface area contributed by atoms with Crippen LogP contribution >= 0.6 is 0 Å². The van der Waals surface area contributed by atoms with Crippen LogP contribution in [0.2, 0.25) is 0 Å². The first kappa shape index (κ1) is 10.6. The summed E-state index contributed by atoms with van der Waals surface area (Å²) in [4.78, 5) is 6.50. The van der Waals surface area contributed by atoms with Crippen LogP contribution in [0.25, 0.3) is 0 Å². The standard InChI is InChI=1S/C12H18N2O/c1-14(11-6-4-7-12(11)15)9-10-5-2-3-8-13-10/h2-3,5,8,11-12,15H,4,6-7,9H2,1H3. The van der Waals surface area contributed by atoms with Crippen molar-refractivity contribution in [2.45, 2.75) is 38.0 Å². The summed E-state index contributed by atoms with van der Waals surface area (Å²) < 4.78 is 0. The Hall–Kier alpha value is -0.930. The van der Waals surface area contributed by atoms with Crippen LogP contribution in [0.15, 0.2) is 24.4 Å². The van der Waals surface area contributed by atoms with Gasteiger partial charge in [0.25, 0.3) is 0 Å². The highest BCUT2D eigenvalue weighted by molar-refractivity contribution is 5.03. The topological polar surface area (TPSA) is 36.4 Å². The Balaban J connectivity index is 1.94. The van der Waals surface area contributed by atoms with Gasteiger partial charge in [0.1, 0.15) is 0 Å². The fourth-order valence-electron chi connectivity index (χ4n) is 2.30. The van der Waals surface area contributed by atoms with E-state index in [1.165, 1.54) is 0 Å². The molecule has 1 aliphatic carbocycles. The van der Waals surface area contributed by atoms with E-state index < -0.39 is 0 Å². The Morgan fingerprint density at radius 1 is 1.47 bits per heavy atom. The molecule has 0 aromatic carbocycles. The molecule has 0 radical (unpaired) electrons. The highest BCUT2D eigenvalue weighted by atomic mass is 16.3. The molecule has 1 aromatic rings. The number of aliphatic hydroxyl groups excluding tert-OH is 1. The minimum absolute atomic E-state index is 0.154. The highest BCUT2D eigenvalue weighted by Crippen LogP contribution is 2.23. The number of rotatable bonds is 3. The molecule has 0 aliphatic heterocycles. The van der Waals surface area contributed by atoms with Gasteiger partial charge in [-0.1, -0.05) is 6.07 Å². The summed E-state index contributed by atoms with van der Waals surface area (Å²) in [6.45, 7) is 0.822. The Morgan fingerprint density at radius 3 is 2.93 bits per heavy atom. The third kappa shape index (κ3) is 2.55. The van der Waals surface area contributed by atoms with Gasteiger partial charge in [-0.2, -0.15) is 0 Å². The van der Waals surface area contributed by atoms with Crippen molar-refractivity contribution in [3.8, 4) is 0 Å².